The Morgan fingerprint density at radius 2 is 0.773 bits per heavy atom. The summed E-state index contributed by atoms with van der Waals surface area (Å²) in [4.78, 5) is 12.2. The van der Waals surface area contributed by atoms with E-state index in [0.717, 1.165) is 74.7 Å². The number of halogens is 6. The number of fused-ring (bicyclic) bond motifs is 3. The molecule has 8 rings (SSSR count). The van der Waals surface area contributed by atoms with E-state index in [0.29, 0.717) is 10.0 Å². The predicted molar refractivity (Wildman–Crippen MR) is 168 cm³/mol. The average molecular weight is 667 g/mol. The number of rotatable bonds is 4. The molecule has 0 aliphatic carbocycles. The van der Waals surface area contributed by atoms with E-state index in [1.807, 2.05) is 12.1 Å². The van der Waals surface area contributed by atoms with Gasteiger partial charge in [-0.05, 0) is 82.2 Å². The second-order valence-electron chi connectivity index (χ2n) is 9.92. The van der Waals surface area contributed by atoms with Gasteiger partial charge in [-0.2, -0.15) is 0 Å². The van der Waals surface area contributed by atoms with Crippen LogP contribution < -0.4 is 0 Å². The van der Waals surface area contributed by atoms with Gasteiger partial charge in [0.15, 0.2) is 34.9 Å². The van der Waals surface area contributed by atoms with Crippen LogP contribution >= 0.6 is 45.3 Å². The number of nitrogens with zero attached hydrogens (tertiary/aromatic N) is 2. The van der Waals surface area contributed by atoms with Gasteiger partial charge in [-0.1, -0.05) is 0 Å². The van der Waals surface area contributed by atoms with Gasteiger partial charge in [0.2, 0.25) is 0 Å². The molecule has 4 aromatic carbocycles. The first kappa shape index (κ1) is 27.4. The highest BCUT2D eigenvalue weighted by Gasteiger charge is 2.17. The molecule has 4 aromatic heterocycles. The summed E-state index contributed by atoms with van der Waals surface area (Å²) < 4.78 is 83.9. The largest absolute Gasteiger partial charge is 0.244 e. The maximum Gasteiger partial charge on any atom is 0.194 e. The van der Waals surface area contributed by atoms with Crippen molar-refractivity contribution in [1.82, 2.24) is 9.97 Å². The van der Waals surface area contributed by atoms with Crippen molar-refractivity contribution in [1.29, 1.82) is 0 Å². The van der Waals surface area contributed by atoms with Crippen LogP contribution in [0.15, 0.2) is 73.1 Å². The number of hydrogen-bond acceptors (Lipinski definition) is 6. The first-order chi connectivity index (χ1) is 21.2. The average Bonchev–Trinajstić information content (AvgIpc) is 3.80. The predicted octanol–water partition coefficient (Wildman–Crippen LogP) is 11.7. The number of aromatic nitrogens is 2. The minimum atomic E-state index is -1.51. The molecule has 0 saturated heterocycles. The summed E-state index contributed by atoms with van der Waals surface area (Å²) in [5.41, 5.74) is 0.355. The topological polar surface area (TPSA) is 25.8 Å². The van der Waals surface area contributed by atoms with Gasteiger partial charge in [0.05, 0.1) is 9.75 Å². The molecule has 0 aliphatic rings. The molecule has 12 heteroatoms. The molecule has 0 radical (unpaired) electrons. The van der Waals surface area contributed by atoms with Crippen LogP contribution in [0.5, 0.6) is 0 Å². The highest BCUT2D eigenvalue weighted by atomic mass is 32.1. The minimum Gasteiger partial charge on any atom is -0.244 e. The van der Waals surface area contributed by atoms with Gasteiger partial charge >= 0.3 is 0 Å². The summed E-state index contributed by atoms with van der Waals surface area (Å²) in [5, 5.41) is 4.95. The van der Waals surface area contributed by atoms with Gasteiger partial charge < -0.3 is 0 Å². The maximum absolute atomic E-state index is 13.8. The molecule has 0 saturated carbocycles. The third-order valence-corrected chi connectivity index (χ3v) is 11.7. The summed E-state index contributed by atoms with van der Waals surface area (Å²) in [5.74, 6) is -8.04. The Morgan fingerprint density at radius 3 is 1.16 bits per heavy atom. The summed E-state index contributed by atoms with van der Waals surface area (Å²) in [7, 11) is 0. The van der Waals surface area contributed by atoms with Crippen LogP contribution in [0.2, 0.25) is 0 Å². The second kappa shape index (κ2) is 10.2. The van der Waals surface area contributed by atoms with E-state index in [4.69, 9.17) is 0 Å². The van der Waals surface area contributed by atoms with E-state index in [-0.39, 0.29) is 11.1 Å². The second-order valence-corrected chi connectivity index (χ2v) is 14.1. The van der Waals surface area contributed by atoms with E-state index in [1.165, 1.54) is 22.7 Å². The van der Waals surface area contributed by atoms with Gasteiger partial charge in [-0.15, -0.1) is 45.3 Å². The molecule has 216 valence electrons. The number of benzene rings is 4. The standard InChI is InChI=1S/C32H12F6N2S4/c33-19-3-17(4-20(34)29(19)37)31-39-11-27(43-31)25-9-15-1-13-7-24-16(2-14(13)8-23(15)41-25)10-26(42-24)28-12-40-32(44-28)18-5-21(35)30(38)22(36)6-18/h1-12H. The van der Waals surface area contributed by atoms with Crippen molar-refractivity contribution in [3.8, 4) is 40.7 Å². The highest BCUT2D eigenvalue weighted by molar-refractivity contribution is 7.27. The fraction of sp³-hybridized carbons (Fsp3) is 0. The zero-order chi connectivity index (χ0) is 30.3. The first-order valence-corrected chi connectivity index (χ1v) is 16.1. The van der Waals surface area contributed by atoms with Crippen molar-refractivity contribution in [3.05, 3.63) is 108 Å². The zero-order valence-corrected chi connectivity index (χ0v) is 25.0. The molecule has 4 heterocycles. The smallest absolute Gasteiger partial charge is 0.194 e. The SMILES string of the molecule is Fc1cc(-c2ncc(-c3cc4cc5cc6sc(-c7cnc(-c8cc(F)c(F)c(F)c8)s7)cc6cc5cc4s3)s2)cc(F)c1F. The fourth-order valence-electron chi connectivity index (χ4n) is 4.97. The Hall–Kier alpha value is -4.10. The zero-order valence-electron chi connectivity index (χ0n) is 21.7. The van der Waals surface area contributed by atoms with Crippen LogP contribution in [0.25, 0.3) is 71.6 Å². The molecule has 0 aliphatic heterocycles. The van der Waals surface area contributed by atoms with Gasteiger partial charge in [0.1, 0.15) is 10.0 Å². The van der Waals surface area contributed by atoms with Crippen molar-refractivity contribution >= 4 is 76.3 Å². The Bertz CT molecular complexity index is 2160. The normalized spacial score (nSPS) is 11.9. The minimum absolute atomic E-state index is 0.178. The van der Waals surface area contributed by atoms with E-state index in [2.05, 4.69) is 34.2 Å². The molecule has 8 aromatic rings. The fourth-order valence-corrected chi connectivity index (χ4v) is 9.09. The molecule has 0 atom stereocenters. The van der Waals surface area contributed by atoms with Crippen LogP contribution in [-0.4, -0.2) is 9.97 Å². The monoisotopic (exact) mass is 666 g/mol. The van der Waals surface area contributed by atoms with Gasteiger partial charge in [-0.3, -0.25) is 0 Å². The lowest BCUT2D eigenvalue weighted by Crippen LogP contribution is -1.91. The quantitative estimate of drug-likeness (QED) is 0.138. The summed E-state index contributed by atoms with van der Waals surface area (Å²) in [6.45, 7) is 0. The molecule has 0 amide bonds. The van der Waals surface area contributed by atoms with Crippen molar-refractivity contribution in [2.45, 2.75) is 0 Å². The van der Waals surface area contributed by atoms with E-state index in [9.17, 15) is 26.3 Å². The Kier molecular flexibility index (Phi) is 6.38. The highest BCUT2D eigenvalue weighted by Crippen LogP contribution is 2.43. The number of thiophene rings is 2. The maximum atomic E-state index is 13.8. The molecule has 0 fully saturated rings. The third-order valence-electron chi connectivity index (χ3n) is 7.07. The van der Waals surface area contributed by atoms with Crippen molar-refractivity contribution < 1.29 is 26.3 Å². The third kappa shape index (κ3) is 4.60. The van der Waals surface area contributed by atoms with E-state index < -0.39 is 34.9 Å². The lowest BCUT2D eigenvalue weighted by molar-refractivity contribution is 0.447. The van der Waals surface area contributed by atoms with Crippen LogP contribution in [0, 0.1) is 34.9 Å². The molecule has 0 N–H and O–H groups in total. The summed E-state index contributed by atoms with van der Waals surface area (Å²) in [6.07, 6.45) is 3.30. The molecular weight excluding hydrogens is 655 g/mol. The van der Waals surface area contributed by atoms with Crippen LogP contribution in [0.3, 0.4) is 0 Å². The van der Waals surface area contributed by atoms with Crippen LogP contribution in [0.1, 0.15) is 0 Å². The van der Waals surface area contributed by atoms with E-state index in [1.54, 1.807) is 35.1 Å². The molecule has 0 bridgehead atoms. The van der Waals surface area contributed by atoms with Crippen LogP contribution in [0.4, 0.5) is 26.3 Å². The van der Waals surface area contributed by atoms with Gasteiger partial charge in [-0.25, -0.2) is 36.3 Å². The molecule has 2 nitrogen and oxygen atoms in total. The molecule has 0 unspecified atom stereocenters. The number of hydrogen-bond donors (Lipinski definition) is 0. The number of thiazole rings is 2. The summed E-state index contributed by atoms with van der Waals surface area (Å²) >= 11 is 5.70. The van der Waals surface area contributed by atoms with Crippen molar-refractivity contribution in [3.63, 3.8) is 0 Å². The molecule has 0 spiro atoms. The van der Waals surface area contributed by atoms with Gasteiger partial charge in [0.25, 0.3) is 0 Å². The Balaban J connectivity index is 1.12. The lowest BCUT2D eigenvalue weighted by atomic mass is 10.1. The van der Waals surface area contributed by atoms with Crippen LogP contribution in [-0.2, 0) is 0 Å². The van der Waals surface area contributed by atoms with Crippen molar-refractivity contribution in [2.75, 3.05) is 0 Å². The molecular formula is C32H12F6N2S4. The first-order valence-electron chi connectivity index (χ1n) is 12.8. The lowest BCUT2D eigenvalue weighted by Gasteiger charge is -1.99. The Labute approximate surface area is 260 Å². The van der Waals surface area contributed by atoms with Crippen molar-refractivity contribution in [2.24, 2.45) is 0 Å². The Morgan fingerprint density at radius 1 is 0.386 bits per heavy atom. The summed E-state index contributed by atoms with van der Waals surface area (Å²) in [6, 6.07) is 16.3. The molecule has 44 heavy (non-hydrogen) atoms. The van der Waals surface area contributed by atoms with Gasteiger partial charge in [0, 0.05) is 42.7 Å². The van der Waals surface area contributed by atoms with E-state index >= 15 is 0 Å².